The van der Waals surface area contributed by atoms with Gasteiger partial charge in [0, 0.05) is 13.7 Å². The lowest BCUT2D eigenvalue weighted by Crippen LogP contribution is -2.31. The van der Waals surface area contributed by atoms with Gasteiger partial charge < -0.3 is 15.2 Å². The highest BCUT2D eigenvalue weighted by molar-refractivity contribution is 6.06. The van der Waals surface area contributed by atoms with Gasteiger partial charge in [-0.1, -0.05) is 19.1 Å². The van der Waals surface area contributed by atoms with Crippen LogP contribution in [0.2, 0.25) is 0 Å². The Morgan fingerprint density at radius 2 is 1.80 bits per heavy atom. The normalized spacial score (nSPS) is 12.0. The molecule has 0 heterocycles. The number of aryl methyl sites for hydroxylation is 2. The third-order valence-electron chi connectivity index (χ3n) is 3.13. The summed E-state index contributed by atoms with van der Waals surface area (Å²) < 4.78 is 5.00. The number of carbonyl (C=O) groups is 2. The van der Waals surface area contributed by atoms with Crippen molar-refractivity contribution in [1.82, 2.24) is 5.32 Å². The number of hydrogen-bond donors (Lipinski definition) is 2. The van der Waals surface area contributed by atoms with Gasteiger partial charge in [0.1, 0.15) is 0 Å². The van der Waals surface area contributed by atoms with Crippen molar-refractivity contribution in [3.8, 4) is 0 Å². The van der Waals surface area contributed by atoms with Crippen molar-refractivity contribution in [3.05, 3.63) is 34.4 Å². The molecular weight excluding hydrogens is 258 g/mol. The molecule has 5 heteroatoms. The zero-order valence-electron chi connectivity index (χ0n) is 12.3. The average molecular weight is 279 g/mol. The Kier molecular flexibility index (Phi) is 5.70. The number of carboxylic acid groups (broad SMARTS) is 1. The van der Waals surface area contributed by atoms with Gasteiger partial charge in [-0.05, 0) is 30.9 Å². The molecule has 0 spiro atoms. The lowest BCUT2D eigenvalue weighted by atomic mass is 9.96. The topological polar surface area (TPSA) is 75.6 Å². The first-order valence-electron chi connectivity index (χ1n) is 6.49. The van der Waals surface area contributed by atoms with Crippen molar-refractivity contribution in [3.63, 3.8) is 0 Å². The molecule has 0 aliphatic heterocycles. The molecule has 1 amide bonds. The van der Waals surface area contributed by atoms with Crippen LogP contribution in [0.15, 0.2) is 12.1 Å². The van der Waals surface area contributed by atoms with Gasteiger partial charge in [0.2, 0.25) is 0 Å². The van der Waals surface area contributed by atoms with Crippen molar-refractivity contribution >= 4 is 11.9 Å². The molecule has 0 bridgehead atoms. The standard InChI is InChI=1S/C15H21NO4/c1-9(8-20-4)7-16-14(17)12-10(2)5-6-11(3)13(12)15(18)19/h5-6,9H,7-8H2,1-4H3,(H,16,17)(H,18,19). The van der Waals surface area contributed by atoms with Crippen LogP contribution < -0.4 is 5.32 Å². The fourth-order valence-electron chi connectivity index (χ4n) is 2.08. The smallest absolute Gasteiger partial charge is 0.336 e. The predicted molar refractivity (Wildman–Crippen MR) is 76.2 cm³/mol. The van der Waals surface area contributed by atoms with E-state index in [9.17, 15) is 14.7 Å². The number of benzene rings is 1. The fraction of sp³-hybridized carbons (Fsp3) is 0.467. The Labute approximate surface area is 118 Å². The van der Waals surface area contributed by atoms with E-state index in [2.05, 4.69) is 5.32 Å². The number of carboxylic acids is 1. The van der Waals surface area contributed by atoms with Crippen LogP contribution in [0.4, 0.5) is 0 Å². The minimum atomic E-state index is -1.08. The van der Waals surface area contributed by atoms with Gasteiger partial charge in [-0.15, -0.1) is 0 Å². The van der Waals surface area contributed by atoms with Gasteiger partial charge in [-0.25, -0.2) is 4.79 Å². The number of rotatable bonds is 6. The number of amides is 1. The van der Waals surface area contributed by atoms with Crippen LogP contribution in [0.3, 0.4) is 0 Å². The highest BCUT2D eigenvalue weighted by atomic mass is 16.5. The molecular formula is C15H21NO4. The van der Waals surface area contributed by atoms with E-state index in [1.54, 1.807) is 33.1 Å². The van der Waals surface area contributed by atoms with E-state index >= 15 is 0 Å². The molecule has 1 rings (SSSR count). The molecule has 1 atom stereocenters. The van der Waals surface area contributed by atoms with Crippen LogP contribution in [0, 0.1) is 19.8 Å². The maximum absolute atomic E-state index is 12.2. The molecule has 1 unspecified atom stereocenters. The van der Waals surface area contributed by atoms with E-state index in [1.165, 1.54) is 0 Å². The predicted octanol–water partition coefficient (Wildman–Crippen LogP) is 2.01. The van der Waals surface area contributed by atoms with Crippen LogP contribution >= 0.6 is 0 Å². The largest absolute Gasteiger partial charge is 0.478 e. The number of methoxy groups -OCH3 is 1. The molecule has 0 radical (unpaired) electrons. The molecule has 0 aliphatic carbocycles. The molecule has 0 aliphatic rings. The average Bonchev–Trinajstić information content (AvgIpc) is 2.38. The summed E-state index contributed by atoms with van der Waals surface area (Å²) in [7, 11) is 1.60. The molecule has 0 saturated carbocycles. The van der Waals surface area contributed by atoms with Gasteiger partial charge in [-0.2, -0.15) is 0 Å². The molecule has 110 valence electrons. The summed E-state index contributed by atoms with van der Waals surface area (Å²) in [6, 6.07) is 3.47. The molecule has 20 heavy (non-hydrogen) atoms. The van der Waals surface area contributed by atoms with Gasteiger partial charge in [0.05, 0.1) is 17.7 Å². The summed E-state index contributed by atoms with van der Waals surface area (Å²) in [6.45, 7) is 6.36. The number of aromatic carboxylic acids is 1. The first kappa shape index (κ1) is 16.2. The minimum Gasteiger partial charge on any atom is -0.478 e. The maximum atomic E-state index is 12.2. The van der Waals surface area contributed by atoms with Crippen molar-refractivity contribution in [2.75, 3.05) is 20.3 Å². The quantitative estimate of drug-likeness (QED) is 0.835. The number of nitrogens with one attached hydrogen (secondary N) is 1. The zero-order valence-corrected chi connectivity index (χ0v) is 12.3. The lowest BCUT2D eigenvalue weighted by molar-refractivity contribution is 0.0689. The van der Waals surface area contributed by atoms with Crippen LogP contribution in [-0.2, 0) is 4.74 Å². The number of ether oxygens (including phenoxy) is 1. The van der Waals surface area contributed by atoms with Crippen molar-refractivity contribution < 1.29 is 19.4 Å². The molecule has 1 aromatic carbocycles. The first-order valence-corrected chi connectivity index (χ1v) is 6.49. The summed E-state index contributed by atoms with van der Waals surface area (Å²) >= 11 is 0. The Bertz CT molecular complexity index is 511. The highest BCUT2D eigenvalue weighted by Crippen LogP contribution is 2.19. The van der Waals surface area contributed by atoms with E-state index in [1.807, 2.05) is 6.92 Å². The zero-order chi connectivity index (χ0) is 15.3. The Morgan fingerprint density at radius 1 is 1.25 bits per heavy atom. The van der Waals surface area contributed by atoms with Gasteiger partial charge in [0.15, 0.2) is 0 Å². The van der Waals surface area contributed by atoms with Gasteiger partial charge in [-0.3, -0.25) is 4.79 Å². The van der Waals surface area contributed by atoms with Crippen molar-refractivity contribution in [2.24, 2.45) is 5.92 Å². The number of hydrogen-bond acceptors (Lipinski definition) is 3. The van der Waals surface area contributed by atoms with E-state index in [4.69, 9.17) is 4.74 Å². The van der Waals surface area contributed by atoms with Crippen LogP contribution in [0.25, 0.3) is 0 Å². The van der Waals surface area contributed by atoms with E-state index in [0.717, 1.165) is 0 Å². The maximum Gasteiger partial charge on any atom is 0.336 e. The highest BCUT2D eigenvalue weighted by Gasteiger charge is 2.21. The van der Waals surface area contributed by atoms with E-state index < -0.39 is 5.97 Å². The van der Waals surface area contributed by atoms with Crippen molar-refractivity contribution in [1.29, 1.82) is 0 Å². The second kappa shape index (κ2) is 7.05. The Balaban J connectivity index is 2.98. The fourth-order valence-corrected chi connectivity index (χ4v) is 2.08. The second-order valence-corrected chi connectivity index (χ2v) is 5.03. The third-order valence-corrected chi connectivity index (χ3v) is 3.13. The van der Waals surface area contributed by atoms with Crippen LogP contribution in [-0.4, -0.2) is 37.2 Å². The summed E-state index contributed by atoms with van der Waals surface area (Å²) in [5.41, 5.74) is 1.55. The molecule has 5 nitrogen and oxygen atoms in total. The molecule has 2 N–H and O–H groups in total. The first-order chi connectivity index (χ1) is 9.38. The molecule has 0 saturated heterocycles. The Morgan fingerprint density at radius 3 is 2.30 bits per heavy atom. The summed E-state index contributed by atoms with van der Waals surface area (Å²) in [5, 5.41) is 12.0. The Hall–Kier alpha value is -1.88. The number of carbonyl (C=O) groups excluding carboxylic acids is 1. The van der Waals surface area contributed by atoms with E-state index in [0.29, 0.717) is 24.3 Å². The summed E-state index contributed by atoms with van der Waals surface area (Å²) in [5.74, 6) is -1.27. The minimum absolute atomic E-state index is 0.0712. The van der Waals surface area contributed by atoms with E-state index in [-0.39, 0.29) is 23.0 Å². The van der Waals surface area contributed by atoms with Crippen molar-refractivity contribution in [2.45, 2.75) is 20.8 Å². The van der Waals surface area contributed by atoms with Crippen LogP contribution in [0.5, 0.6) is 0 Å². The lowest BCUT2D eigenvalue weighted by Gasteiger charge is -2.15. The summed E-state index contributed by atoms with van der Waals surface area (Å²) in [6.07, 6.45) is 0. The third kappa shape index (κ3) is 3.81. The molecule has 1 aromatic rings. The van der Waals surface area contributed by atoms with Crippen LogP contribution in [0.1, 0.15) is 38.8 Å². The van der Waals surface area contributed by atoms with Gasteiger partial charge >= 0.3 is 5.97 Å². The molecule has 0 aromatic heterocycles. The van der Waals surface area contributed by atoms with Gasteiger partial charge in [0.25, 0.3) is 5.91 Å². The second-order valence-electron chi connectivity index (χ2n) is 5.03. The monoisotopic (exact) mass is 279 g/mol. The summed E-state index contributed by atoms with van der Waals surface area (Å²) in [4.78, 5) is 23.6. The molecule has 0 fully saturated rings. The SMILES string of the molecule is COCC(C)CNC(=O)c1c(C)ccc(C)c1C(=O)O.